The highest BCUT2D eigenvalue weighted by Gasteiger charge is 2.14. The highest BCUT2D eigenvalue weighted by atomic mass is 32.2. The molecular weight excluding hydrogens is 392 g/mol. The number of carbonyl (C=O) groups excluding carboxylic acids is 2. The summed E-state index contributed by atoms with van der Waals surface area (Å²) in [5, 5.41) is 13.9. The van der Waals surface area contributed by atoms with Crippen molar-refractivity contribution in [3.63, 3.8) is 0 Å². The third-order valence-corrected chi connectivity index (χ3v) is 4.29. The average Bonchev–Trinajstić information content (AvgIpc) is 3.16. The summed E-state index contributed by atoms with van der Waals surface area (Å²) in [6.07, 6.45) is 0. The van der Waals surface area contributed by atoms with E-state index in [2.05, 4.69) is 25.6 Å². The number of halogens is 2. The molecule has 0 bridgehead atoms. The highest BCUT2D eigenvalue weighted by molar-refractivity contribution is 7.99. The number of amides is 2. The maximum Gasteiger partial charge on any atom is 0.387 e. The topological polar surface area (TPSA) is 99.0 Å². The molecule has 0 saturated heterocycles. The molecule has 0 aliphatic carbocycles. The van der Waals surface area contributed by atoms with E-state index in [1.54, 1.807) is 0 Å². The zero-order valence-electron chi connectivity index (χ0n) is 14.2. The lowest BCUT2D eigenvalue weighted by Crippen LogP contribution is -2.31. The van der Waals surface area contributed by atoms with Crippen LogP contribution in [0, 0.1) is 0 Å². The van der Waals surface area contributed by atoms with Gasteiger partial charge in [-0.2, -0.15) is 13.5 Å². The zero-order valence-corrected chi connectivity index (χ0v) is 15.0. The smallest absolute Gasteiger partial charge is 0.387 e. The summed E-state index contributed by atoms with van der Waals surface area (Å²) in [6.45, 7) is -2.95. The SMILES string of the molecule is O=C(CSc1nnnn1-c1ccccc1)NC(=O)c1ccc(OC(F)F)cc1. The van der Waals surface area contributed by atoms with Gasteiger partial charge in [-0.05, 0) is 46.8 Å². The Morgan fingerprint density at radius 3 is 2.50 bits per heavy atom. The first-order chi connectivity index (χ1) is 13.5. The second-order valence-electron chi connectivity index (χ2n) is 5.28. The van der Waals surface area contributed by atoms with Crippen molar-refractivity contribution in [1.29, 1.82) is 0 Å². The second kappa shape index (κ2) is 9.04. The van der Waals surface area contributed by atoms with Crippen molar-refractivity contribution in [1.82, 2.24) is 25.5 Å². The molecule has 2 aromatic carbocycles. The summed E-state index contributed by atoms with van der Waals surface area (Å²) >= 11 is 1.06. The number of imide groups is 1. The molecule has 1 aromatic heterocycles. The molecule has 0 aliphatic heterocycles. The number of carbonyl (C=O) groups is 2. The molecule has 11 heteroatoms. The van der Waals surface area contributed by atoms with Crippen LogP contribution in [0.2, 0.25) is 0 Å². The lowest BCUT2D eigenvalue weighted by molar-refractivity contribution is -0.117. The summed E-state index contributed by atoms with van der Waals surface area (Å²) in [6, 6.07) is 14.1. The van der Waals surface area contributed by atoms with Crippen molar-refractivity contribution in [2.24, 2.45) is 0 Å². The van der Waals surface area contributed by atoms with E-state index in [1.807, 2.05) is 30.3 Å². The molecule has 0 aliphatic rings. The van der Waals surface area contributed by atoms with E-state index < -0.39 is 18.4 Å². The number of hydrogen-bond acceptors (Lipinski definition) is 7. The van der Waals surface area contributed by atoms with Crippen LogP contribution in [0.4, 0.5) is 8.78 Å². The van der Waals surface area contributed by atoms with Crippen molar-refractivity contribution in [3.8, 4) is 11.4 Å². The van der Waals surface area contributed by atoms with E-state index in [4.69, 9.17) is 0 Å². The standard InChI is InChI=1S/C17H13F2N5O3S/c18-16(19)27-13-8-6-11(7-9-13)15(26)20-14(25)10-28-17-21-22-23-24(17)12-4-2-1-3-5-12/h1-9,16H,10H2,(H,20,25,26). The van der Waals surface area contributed by atoms with E-state index in [0.29, 0.717) is 5.16 Å². The van der Waals surface area contributed by atoms with Crippen LogP contribution in [0.1, 0.15) is 10.4 Å². The van der Waals surface area contributed by atoms with Gasteiger partial charge in [0.15, 0.2) is 0 Å². The van der Waals surface area contributed by atoms with Crippen LogP contribution in [0.3, 0.4) is 0 Å². The van der Waals surface area contributed by atoms with E-state index >= 15 is 0 Å². The van der Waals surface area contributed by atoms with E-state index in [1.165, 1.54) is 28.9 Å². The number of rotatable bonds is 7. The first-order valence-electron chi connectivity index (χ1n) is 7.88. The molecule has 2 amide bonds. The molecule has 0 unspecified atom stereocenters. The Labute approximate surface area is 161 Å². The number of alkyl halides is 2. The van der Waals surface area contributed by atoms with Gasteiger partial charge in [0.2, 0.25) is 11.1 Å². The third-order valence-electron chi connectivity index (χ3n) is 3.37. The molecule has 1 heterocycles. The maximum absolute atomic E-state index is 12.1. The fourth-order valence-corrected chi connectivity index (χ4v) is 2.84. The number of hydrogen-bond donors (Lipinski definition) is 1. The summed E-state index contributed by atoms with van der Waals surface area (Å²) < 4.78 is 29.9. The molecular formula is C17H13F2N5O3S. The first-order valence-corrected chi connectivity index (χ1v) is 8.87. The van der Waals surface area contributed by atoms with Gasteiger partial charge >= 0.3 is 6.61 Å². The van der Waals surface area contributed by atoms with Crippen molar-refractivity contribution < 1.29 is 23.1 Å². The molecule has 0 spiro atoms. The Balaban J connectivity index is 1.55. The minimum absolute atomic E-state index is 0.0822. The lowest BCUT2D eigenvalue weighted by atomic mass is 10.2. The van der Waals surface area contributed by atoms with Gasteiger partial charge in [-0.15, -0.1) is 5.10 Å². The normalized spacial score (nSPS) is 10.7. The predicted octanol–water partition coefficient (Wildman–Crippen LogP) is 2.31. The predicted molar refractivity (Wildman–Crippen MR) is 95.4 cm³/mol. The summed E-state index contributed by atoms with van der Waals surface area (Å²) in [5.41, 5.74) is 0.867. The maximum atomic E-state index is 12.1. The Hall–Kier alpha value is -3.34. The third kappa shape index (κ3) is 5.10. The van der Waals surface area contributed by atoms with Crippen LogP contribution in [0.5, 0.6) is 5.75 Å². The molecule has 0 saturated carbocycles. The Morgan fingerprint density at radius 2 is 1.82 bits per heavy atom. The minimum atomic E-state index is -2.95. The van der Waals surface area contributed by atoms with Gasteiger partial charge in [-0.1, -0.05) is 30.0 Å². The monoisotopic (exact) mass is 405 g/mol. The van der Waals surface area contributed by atoms with Gasteiger partial charge in [0, 0.05) is 5.56 Å². The van der Waals surface area contributed by atoms with Crippen LogP contribution >= 0.6 is 11.8 Å². The highest BCUT2D eigenvalue weighted by Crippen LogP contribution is 2.18. The number of aromatic nitrogens is 4. The average molecular weight is 405 g/mol. The lowest BCUT2D eigenvalue weighted by Gasteiger charge is -2.07. The van der Waals surface area contributed by atoms with Crippen LogP contribution in [0.15, 0.2) is 59.8 Å². The van der Waals surface area contributed by atoms with Crippen LogP contribution in [0.25, 0.3) is 5.69 Å². The van der Waals surface area contributed by atoms with E-state index in [9.17, 15) is 18.4 Å². The summed E-state index contributed by atoms with van der Waals surface area (Å²) in [7, 11) is 0. The molecule has 28 heavy (non-hydrogen) atoms. The van der Waals surface area contributed by atoms with Crippen LogP contribution in [-0.4, -0.2) is 44.4 Å². The molecule has 3 aromatic rings. The molecule has 0 fully saturated rings. The summed E-state index contributed by atoms with van der Waals surface area (Å²) in [4.78, 5) is 24.1. The van der Waals surface area contributed by atoms with Gasteiger partial charge in [0.25, 0.3) is 5.91 Å². The van der Waals surface area contributed by atoms with Crippen molar-refractivity contribution >= 4 is 23.6 Å². The number of benzene rings is 2. The van der Waals surface area contributed by atoms with Gasteiger partial charge in [-0.3, -0.25) is 14.9 Å². The van der Waals surface area contributed by atoms with Gasteiger partial charge in [0.1, 0.15) is 5.75 Å². The van der Waals surface area contributed by atoms with Gasteiger partial charge in [0.05, 0.1) is 11.4 Å². The summed E-state index contributed by atoms with van der Waals surface area (Å²) in [5.74, 6) is -1.38. The largest absolute Gasteiger partial charge is 0.435 e. The van der Waals surface area contributed by atoms with Gasteiger partial charge in [-0.25, -0.2) is 0 Å². The number of ether oxygens (including phenoxy) is 1. The van der Waals surface area contributed by atoms with Crippen LogP contribution < -0.4 is 10.1 Å². The number of nitrogens with zero attached hydrogens (tertiary/aromatic N) is 4. The fraction of sp³-hybridized carbons (Fsp3) is 0.118. The molecule has 0 radical (unpaired) electrons. The molecule has 144 valence electrons. The number of nitrogens with one attached hydrogen (secondary N) is 1. The Kier molecular flexibility index (Phi) is 6.27. The minimum Gasteiger partial charge on any atom is -0.435 e. The Morgan fingerprint density at radius 1 is 1.11 bits per heavy atom. The molecule has 3 rings (SSSR count). The van der Waals surface area contributed by atoms with Crippen molar-refractivity contribution in [2.45, 2.75) is 11.8 Å². The quantitative estimate of drug-likeness (QED) is 0.602. The van der Waals surface area contributed by atoms with Crippen molar-refractivity contribution in [2.75, 3.05) is 5.75 Å². The fourth-order valence-electron chi connectivity index (χ4n) is 2.15. The molecule has 0 atom stereocenters. The van der Waals surface area contributed by atoms with Crippen LogP contribution in [-0.2, 0) is 4.79 Å². The number of thioether (sulfide) groups is 1. The van der Waals surface area contributed by atoms with E-state index in [0.717, 1.165) is 17.4 Å². The zero-order chi connectivity index (χ0) is 19.9. The van der Waals surface area contributed by atoms with Gasteiger partial charge < -0.3 is 4.74 Å². The number of para-hydroxylation sites is 1. The Bertz CT molecular complexity index is 951. The second-order valence-corrected chi connectivity index (χ2v) is 6.22. The number of tetrazole rings is 1. The molecule has 8 nitrogen and oxygen atoms in total. The first kappa shape index (κ1) is 19.4. The van der Waals surface area contributed by atoms with Crippen molar-refractivity contribution in [3.05, 3.63) is 60.2 Å². The van der Waals surface area contributed by atoms with E-state index in [-0.39, 0.29) is 17.1 Å². The molecule has 1 N–H and O–H groups in total.